The fourth-order valence-corrected chi connectivity index (χ4v) is 3.73. The molecule has 28 heavy (non-hydrogen) atoms. The first-order valence-electron chi connectivity index (χ1n) is 9.45. The van der Waals surface area contributed by atoms with Crippen molar-refractivity contribution in [3.05, 3.63) is 90.5 Å². The van der Waals surface area contributed by atoms with Crippen LogP contribution in [0.4, 0.5) is 5.69 Å². The number of methoxy groups -OCH3 is 1. The third kappa shape index (κ3) is 3.78. The third-order valence-corrected chi connectivity index (χ3v) is 5.15. The van der Waals surface area contributed by atoms with Crippen molar-refractivity contribution in [1.29, 1.82) is 0 Å². The maximum atomic E-state index is 11.9. The molecular formula is C24H23NO3. The number of para-hydroxylation sites is 1. The molecule has 2 atom stereocenters. The molecule has 1 aliphatic rings. The zero-order valence-electron chi connectivity index (χ0n) is 15.8. The van der Waals surface area contributed by atoms with Crippen molar-refractivity contribution >= 4 is 11.7 Å². The SMILES string of the molecule is COC(=O)CC1CON(c2ccccc2)C1c1ccc(-c2ccccc2)cc1. The molecule has 0 amide bonds. The molecule has 1 fully saturated rings. The summed E-state index contributed by atoms with van der Waals surface area (Å²) in [7, 11) is 1.43. The highest BCUT2D eigenvalue weighted by molar-refractivity contribution is 5.70. The van der Waals surface area contributed by atoms with Crippen molar-refractivity contribution in [2.75, 3.05) is 18.8 Å². The van der Waals surface area contributed by atoms with E-state index in [1.54, 1.807) is 0 Å². The van der Waals surface area contributed by atoms with Crippen LogP contribution in [-0.2, 0) is 14.4 Å². The number of hydrogen-bond acceptors (Lipinski definition) is 4. The Hall–Kier alpha value is -3.11. The molecule has 0 aromatic heterocycles. The summed E-state index contributed by atoms with van der Waals surface area (Å²) in [6.07, 6.45) is 0.324. The molecule has 4 heteroatoms. The molecule has 4 rings (SSSR count). The van der Waals surface area contributed by atoms with E-state index in [0.29, 0.717) is 13.0 Å². The molecule has 3 aromatic carbocycles. The first-order chi connectivity index (χ1) is 13.8. The minimum absolute atomic E-state index is 0.0234. The van der Waals surface area contributed by atoms with Crippen LogP contribution in [0.3, 0.4) is 0 Å². The standard InChI is InChI=1S/C24H23NO3/c1-27-23(26)16-21-17-28-25(22-10-6-3-7-11-22)24(21)20-14-12-19(13-15-20)18-8-4-2-5-9-18/h2-15,21,24H,16-17H2,1H3. The molecule has 1 aliphatic heterocycles. The van der Waals surface area contributed by atoms with Crippen molar-refractivity contribution in [1.82, 2.24) is 0 Å². The highest BCUT2D eigenvalue weighted by Gasteiger charge is 2.38. The van der Waals surface area contributed by atoms with Gasteiger partial charge in [0.25, 0.3) is 0 Å². The lowest BCUT2D eigenvalue weighted by molar-refractivity contribution is -0.141. The Morgan fingerprint density at radius 2 is 1.54 bits per heavy atom. The Morgan fingerprint density at radius 1 is 0.929 bits per heavy atom. The molecule has 3 aromatic rings. The summed E-state index contributed by atoms with van der Waals surface area (Å²) in [6.45, 7) is 0.481. The lowest BCUT2D eigenvalue weighted by atomic mass is 9.90. The molecule has 1 heterocycles. The molecule has 0 radical (unpaired) electrons. The van der Waals surface area contributed by atoms with Gasteiger partial charge in [0, 0.05) is 5.92 Å². The van der Waals surface area contributed by atoms with Crippen molar-refractivity contribution < 1.29 is 14.4 Å². The van der Waals surface area contributed by atoms with Crippen molar-refractivity contribution in [2.24, 2.45) is 5.92 Å². The molecule has 2 unspecified atom stereocenters. The van der Waals surface area contributed by atoms with Gasteiger partial charge in [0.2, 0.25) is 0 Å². The van der Waals surface area contributed by atoms with Gasteiger partial charge in [-0.15, -0.1) is 0 Å². The van der Waals surface area contributed by atoms with E-state index in [1.165, 1.54) is 18.2 Å². The average Bonchev–Trinajstić information content (AvgIpc) is 3.18. The number of esters is 1. The number of benzene rings is 3. The predicted octanol–water partition coefficient (Wildman–Crippen LogP) is 5.03. The second-order valence-corrected chi connectivity index (χ2v) is 6.93. The monoisotopic (exact) mass is 373 g/mol. The summed E-state index contributed by atoms with van der Waals surface area (Å²) in [4.78, 5) is 17.9. The van der Waals surface area contributed by atoms with E-state index >= 15 is 0 Å². The fourth-order valence-electron chi connectivity index (χ4n) is 3.73. The van der Waals surface area contributed by atoms with Gasteiger partial charge in [0.15, 0.2) is 0 Å². The van der Waals surface area contributed by atoms with Crippen LogP contribution < -0.4 is 5.06 Å². The number of ether oxygens (including phenoxy) is 1. The summed E-state index contributed by atoms with van der Waals surface area (Å²) in [5.41, 5.74) is 4.45. The normalized spacial score (nSPS) is 18.8. The molecule has 0 aliphatic carbocycles. The summed E-state index contributed by atoms with van der Waals surface area (Å²) in [5, 5.41) is 1.92. The van der Waals surface area contributed by atoms with Crippen LogP contribution >= 0.6 is 0 Å². The molecule has 4 nitrogen and oxygen atoms in total. The van der Waals surface area contributed by atoms with Crippen LogP contribution in [0.15, 0.2) is 84.9 Å². The number of carbonyl (C=O) groups excluding carboxylic acids is 1. The van der Waals surface area contributed by atoms with Gasteiger partial charge in [0.05, 0.1) is 31.9 Å². The zero-order valence-corrected chi connectivity index (χ0v) is 15.8. The first-order valence-corrected chi connectivity index (χ1v) is 9.45. The highest BCUT2D eigenvalue weighted by atomic mass is 16.7. The summed E-state index contributed by atoms with van der Waals surface area (Å²) >= 11 is 0. The maximum Gasteiger partial charge on any atom is 0.305 e. The quantitative estimate of drug-likeness (QED) is 0.588. The van der Waals surface area contributed by atoms with Crippen molar-refractivity contribution in [3.8, 4) is 11.1 Å². The van der Waals surface area contributed by atoms with Crippen molar-refractivity contribution in [2.45, 2.75) is 12.5 Å². The highest BCUT2D eigenvalue weighted by Crippen LogP contribution is 2.40. The lowest BCUT2D eigenvalue weighted by Gasteiger charge is -2.27. The number of hydrogen-bond donors (Lipinski definition) is 0. The van der Waals surface area contributed by atoms with E-state index in [4.69, 9.17) is 9.57 Å². The first kappa shape index (κ1) is 18.3. The van der Waals surface area contributed by atoms with Gasteiger partial charge < -0.3 is 4.74 Å². The Kier molecular flexibility index (Phi) is 5.40. The van der Waals surface area contributed by atoms with Crippen LogP contribution in [0.5, 0.6) is 0 Å². The van der Waals surface area contributed by atoms with E-state index in [2.05, 4.69) is 36.4 Å². The van der Waals surface area contributed by atoms with E-state index in [9.17, 15) is 4.79 Å². The van der Waals surface area contributed by atoms with Crippen LogP contribution in [-0.4, -0.2) is 19.7 Å². The van der Waals surface area contributed by atoms with Gasteiger partial charge in [-0.25, -0.2) is 5.06 Å². The van der Waals surface area contributed by atoms with Gasteiger partial charge in [-0.2, -0.15) is 0 Å². The summed E-state index contributed by atoms with van der Waals surface area (Å²) in [5.74, 6) is -0.190. The largest absolute Gasteiger partial charge is 0.469 e. The Labute approximate surface area is 165 Å². The van der Waals surface area contributed by atoms with E-state index in [0.717, 1.165) is 11.3 Å². The Balaban J connectivity index is 1.66. The van der Waals surface area contributed by atoms with Crippen LogP contribution in [0, 0.1) is 5.92 Å². The second kappa shape index (κ2) is 8.28. The Bertz CT molecular complexity index is 910. The van der Waals surface area contributed by atoms with Gasteiger partial charge >= 0.3 is 5.97 Å². The third-order valence-electron chi connectivity index (χ3n) is 5.15. The smallest absolute Gasteiger partial charge is 0.305 e. The second-order valence-electron chi connectivity index (χ2n) is 6.93. The van der Waals surface area contributed by atoms with Crippen molar-refractivity contribution in [3.63, 3.8) is 0 Å². The van der Waals surface area contributed by atoms with E-state index < -0.39 is 0 Å². The zero-order chi connectivity index (χ0) is 19.3. The molecular weight excluding hydrogens is 350 g/mol. The number of hydroxylamine groups is 1. The van der Waals surface area contributed by atoms with Crippen LogP contribution in [0.1, 0.15) is 18.0 Å². The number of rotatable bonds is 5. The van der Waals surface area contributed by atoms with Crippen LogP contribution in [0.25, 0.3) is 11.1 Å². The lowest BCUT2D eigenvalue weighted by Crippen LogP contribution is -2.25. The molecule has 0 saturated carbocycles. The number of anilines is 1. The van der Waals surface area contributed by atoms with E-state index in [1.807, 2.05) is 53.6 Å². The summed E-state index contributed by atoms with van der Waals surface area (Å²) in [6, 6.07) is 28.8. The molecule has 142 valence electrons. The predicted molar refractivity (Wildman–Crippen MR) is 110 cm³/mol. The average molecular weight is 373 g/mol. The number of carbonyl (C=O) groups is 1. The van der Waals surface area contributed by atoms with Gasteiger partial charge in [0.1, 0.15) is 0 Å². The molecule has 0 bridgehead atoms. The minimum Gasteiger partial charge on any atom is -0.469 e. The topological polar surface area (TPSA) is 38.8 Å². The van der Waals surface area contributed by atoms with Gasteiger partial charge in [-0.3, -0.25) is 9.63 Å². The fraction of sp³-hybridized carbons (Fsp3) is 0.208. The van der Waals surface area contributed by atoms with Gasteiger partial charge in [-0.05, 0) is 28.8 Å². The Morgan fingerprint density at radius 3 is 2.18 bits per heavy atom. The number of nitrogens with zero attached hydrogens (tertiary/aromatic N) is 1. The van der Waals surface area contributed by atoms with E-state index in [-0.39, 0.29) is 17.9 Å². The molecule has 1 saturated heterocycles. The molecule has 0 spiro atoms. The maximum absolute atomic E-state index is 11.9. The molecule has 0 N–H and O–H groups in total. The van der Waals surface area contributed by atoms with Crippen LogP contribution in [0.2, 0.25) is 0 Å². The minimum atomic E-state index is -0.214. The summed E-state index contributed by atoms with van der Waals surface area (Å²) < 4.78 is 4.90. The van der Waals surface area contributed by atoms with Gasteiger partial charge in [-0.1, -0.05) is 72.8 Å².